The molecule has 1 atom stereocenters. The molecule has 3 aromatic rings. The molecule has 0 saturated heterocycles. The number of hydrogen-bond donors (Lipinski definition) is 1. The lowest BCUT2D eigenvalue weighted by atomic mass is 9.72. The number of nitrogens with one attached hydrogen (secondary N) is 1. The van der Waals surface area contributed by atoms with Crippen LogP contribution < -0.4 is 10.1 Å². The number of aromatic nitrogens is 2. The quantitative estimate of drug-likeness (QED) is 0.211. The molecule has 0 spiro atoms. The fourth-order valence-corrected chi connectivity index (χ4v) is 6.55. The van der Waals surface area contributed by atoms with Gasteiger partial charge in [-0.2, -0.15) is 5.26 Å². The number of anilines is 1. The summed E-state index contributed by atoms with van der Waals surface area (Å²) in [7, 11) is 0. The zero-order valence-corrected chi connectivity index (χ0v) is 24.0. The van der Waals surface area contributed by atoms with Crippen molar-refractivity contribution in [2.45, 2.75) is 58.1 Å². The van der Waals surface area contributed by atoms with Gasteiger partial charge in [0.15, 0.2) is 0 Å². The van der Waals surface area contributed by atoms with Crippen molar-refractivity contribution in [1.82, 2.24) is 10.2 Å². The standard InChI is InChI=1S/C26H28Cl2N4O3S2/c1-26(2,3)15-6-8-17-18(13-29)24(37-21(17)11-15)30-22(33)14-36-25-32-31-23(35-25)5-4-10-34-20-9-7-16(27)12-19(20)28/h7,9,12,15H,4-6,8,10-11,14H2,1-3H3,(H,30,33)/t15-/m1/s1. The van der Waals surface area contributed by atoms with Crippen LogP contribution in [-0.4, -0.2) is 28.5 Å². The average Bonchev–Trinajstić information content (AvgIpc) is 3.44. The molecule has 0 bridgehead atoms. The minimum absolute atomic E-state index is 0.109. The molecule has 7 nitrogen and oxygen atoms in total. The number of carbonyl (C=O) groups is 1. The molecule has 37 heavy (non-hydrogen) atoms. The number of thioether (sulfide) groups is 1. The van der Waals surface area contributed by atoms with Crippen LogP contribution in [0.3, 0.4) is 0 Å². The molecule has 2 aromatic heterocycles. The Balaban J connectivity index is 1.24. The second-order valence-corrected chi connectivity index (χ2v) is 12.8. The van der Waals surface area contributed by atoms with Crippen LogP contribution in [-0.2, 0) is 24.1 Å². The van der Waals surface area contributed by atoms with Crippen LogP contribution in [0.5, 0.6) is 5.75 Å². The van der Waals surface area contributed by atoms with E-state index in [2.05, 4.69) is 42.4 Å². The van der Waals surface area contributed by atoms with E-state index >= 15 is 0 Å². The Labute approximate surface area is 234 Å². The van der Waals surface area contributed by atoms with E-state index < -0.39 is 0 Å². The van der Waals surface area contributed by atoms with Gasteiger partial charge in [-0.05, 0) is 60.8 Å². The Kier molecular flexibility index (Phi) is 9.07. The van der Waals surface area contributed by atoms with E-state index in [1.165, 1.54) is 28.0 Å². The summed E-state index contributed by atoms with van der Waals surface area (Å²) >= 11 is 14.7. The van der Waals surface area contributed by atoms with Gasteiger partial charge in [-0.1, -0.05) is 55.7 Å². The SMILES string of the molecule is CC(C)(C)[C@@H]1CCc2c(sc(NC(=O)CSc3nnc(CCCOc4ccc(Cl)cc4Cl)o3)c2C#N)C1. The first-order chi connectivity index (χ1) is 17.6. The highest BCUT2D eigenvalue weighted by Gasteiger charge is 2.32. The molecule has 1 aliphatic rings. The van der Waals surface area contributed by atoms with E-state index in [9.17, 15) is 10.1 Å². The Morgan fingerprint density at radius 1 is 1.35 bits per heavy atom. The monoisotopic (exact) mass is 578 g/mol. The van der Waals surface area contributed by atoms with Gasteiger partial charge in [-0.25, -0.2) is 0 Å². The summed E-state index contributed by atoms with van der Waals surface area (Å²) in [5, 5.41) is 22.7. The highest BCUT2D eigenvalue weighted by molar-refractivity contribution is 7.99. The van der Waals surface area contributed by atoms with Crippen LogP contribution in [0.25, 0.3) is 0 Å². The highest BCUT2D eigenvalue weighted by Crippen LogP contribution is 2.44. The van der Waals surface area contributed by atoms with E-state index in [1.54, 1.807) is 18.2 Å². The topological polar surface area (TPSA) is 101 Å². The van der Waals surface area contributed by atoms with E-state index in [-0.39, 0.29) is 17.1 Å². The van der Waals surface area contributed by atoms with Crippen molar-refractivity contribution in [2.24, 2.45) is 11.3 Å². The Morgan fingerprint density at radius 3 is 2.89 bits per heavy atom. The number of nitriles is 1. The van der Waals surface area contributed by atoms with Crippen molar-refractivity contribution in [1.29, 1.82) is 5.26 Å². The molecule has 2 heterocycles. The number of rotatable bonds is 9. The number of aryl methyl sites for hydroxylation is 1. The molecule has 1 aromatic carbocycles. The van der Waals surface area contributed by atoms with Crippen LogP contribution in [0.2, 0.25) is 10.0 Å². The molecule has 0 aliphatic heterocycles. The number of nitrogens with zero attached hydrogens (tertiary/aromatic N) is 3. The van der Waals surface area contributed by atoms with Crippen molar-refractivity contribution >= 4 is 57.2 Å². The normalized spacial score (nSPS) is 15.2. The van der Waals surface area contributed by atoms with Crippen LogP contribution in [0.1, 0.15) is 55.5 Å². The summed E-state index contributed by atoms with van der Waals surface area (Å²) in [5.74, 6) is 1.51. The third kappa shape index (κ3) is 7.20. The number of amides is 1. The van der Waals surface area contributed by atoms with Crippen LogP contribution in [0.15, 0.2) is 27.8 Å². The minimum atomic E-state index is -0.208. The van der Waals surface area contributed by atoms with Crippen LogP contribution >= 0.6 is 46.3 Å². The third-order valence-electron chi connectivity index (χ3n) is 6.32. The summed E-state index contributed by atoms with van der Waals surface area (Å²) in [6.07, 6.45) is 4.08. The highest BCUT2D eigenvalue weighted by atomic mass is 35.5. The molecule has 1 N–H and O–H groups in total. The molecular weight excluding hydrogens is 551 g/mol. The molecule has 0 unspecified atom stereocenters. The first-order valence-electron chi connectivity index (χ1n) is 12.0. The first-order valence-corrected chi connectivity index (χ1v) is 14.6. The molecule has 1 amide bonds. The number of halogens is 2. The van der Waals surface area contributed by atoms with Gasteiger partial charge >= 0.3 is 0 Å². The van der Waals surface area contributed by atoms with Crippen molar-refractivity contribution < 1.29 is 13.9 Å². The van der Waals surface area contributed by atoms with Crippen LogP contribution in [0, 0.1) is 22.7 Å². The Hall–Kier alpha value is -2.25. The summed E-state index contributed by atoms with van der Waals surface area (Å²) in [4.78, 5) is 13.8. The lowest BCUT2D eigenvalue weighted by Gasteiger charge is -2.33. The summed E-state index contributed by atoms with van der Waals surface area (Å²) in [5.41, 5.74) is 1.92. The number of carbonyl (C=O) groups excluding carboxylic acids is 1. The number of fused-ring (bicyclic) bond motifs is 1. The maximum Gasteiger partial charge on any atom is 0.277 e. The largest absolute Gasteiger partial charge is 0.492 e. The van der Waals surface area contributed by atoms with E-state index in [0.717, 1.165) is 24.8 Å². The molecule has 0 saturated carbocycles. The second kappa shape index (κ2) is 12.1. The summed E-state index contributed by atoms with van der Waals surface area (Å²) in [6, 6.07) is 7.38. The minimum Gasteiger partial charge on any atom is -0.492 e. The summed E-state index contributed by atoms with van der Waals surface area (Å²) < 4.78 is 11.3. The van der Waals surface area contributed by atoms with Gasteiger partial charge in [0, 0.05) is 16.3 Å². The zero-order valence-electron chi connectivity index (χ0n) is 20.9. The predicted molar refractivity (Wildman–Crippen MR) is 148 cm³/mol. The average molecular weight is 580 g/mol. The molecular formula is C26H28Cl2N4O3S2. The Bertz CT molecular complexity index is 1310. The van der Waals surface area contributed by atoms with Gasteiger partial charge in [-0.3, -0.25) is 4.79 Å². The van der Waals surface area contributed by atoms with Gasteiger partial charge in [0.25, 0.3) is 5.22 Å². The fraction of sp³-hybridized carbons (Fsp3) is 0.462. The lowest BCUT2D eigenvalue weighted by molar-refractivity contribution is -0.113. The molecule has 11 heteroatoms. The molecule has 1 aliphatic carbocycles. The summed E-state index contributed by atoms with van der Waals surface area (Å²) in [6.45, 7) is 7.21. The van der Waals surface area contributed by atoms with E-state index in [4.69, 9.17) is 32.4 Å². The van der Waals surface area contributed by atoms with Crippen LogP contribution in [0.4, 0.5) is 5.00 Å². The molecule has 4 rings (SSSR count). The fourth-order valence-electron chi connectivity index (χ4n) is 4.22. The predicted octanol–water partition coefficient (Wildman–Crippen LogP) is 7.20. The number of benzene rings is 1. The third-order valence-corrected chi connectivity index (χ3v) is 8.84. The number of ether oxygens (including phenoxy) is 1. The van der Waals surface area contributed by atoms with Gasteiger partial charge in [0.2, 0.25) is 11.8 Å². The second-order valence-electron chi connectivity index (χ2n) is 9.95. The van der Waals surface area contributed by atoms with Crippen molar-refractivity contribution in [3.8, 4) is 11.8 Å². The van der Waals surface area contributed by atoms with Gasteiger partial charge in [-0.15, -0.1) is 21.5 Å². The smallest absolute Gasteiger partial charge is 0.277 e. The zero-order chi connectivity index (χ0) is 26.6. The van der Waals surface area contributed by atoms with Gasteiger partial charge in [0.05, 0.1) is 22.9 Å². The maximum absolute atomic E-state index is 12.6. The van der Waals surface area contributed by atoms with Gasteiger partial charge in [0.1, 0.15) is 16.8 Å². The Morgan fingerprint density at radius 2 is 2.16 bits per heavy atom. The molecule has 0 radical (unpaired) electrons. The first kappa shape index (κ1) is 27.8. The molecule has 0 fully saturated rings. The number of thiophene rings is 1. The maximum atomic E-state index is 12.6. The van der Waals surface area contributed by atoms with Crippen molar-refractivity contribution in [2.75, 3.05) is 17.7 Å². The lowest BCUT2D eigenvalue weighted by Crippen LogP contribution is -2.26. The van der Waals surface area contributed by atoms with Gasteiger partial charge < -0.3 is 14.5 Å². The van der Waals surface area contributed by atoms with Crippen molar-refractivity contribution in [3.63, 3.8) is 0 Å². The van der Waals surface area contributed by atoms with Crippen molar-refractivity contribution in [3.05, 3.63) is 50.1 Å². The molecule has 196 valence electrons. The van der Waals surface area contributed by atoms with E-state index in [1.807, 2.05) is 0 Å². The number of hydrogen-bond acceptors (Lipinski definition) is 8. The van der Waals surface area contributed by atoms with E-state index in [0.29, 0.717) is 62.8 Å².